The van der Waals surface area contributed by atoms with E-state index in [9.17, 15) is 14.4 Å². The van der Waals surface area contributed by atoms with E-state index in [1.54, 1.807) is 31.2 Å². The normalized spacial score (nSPS) is 14.8. The van der Waals surface area contributed by atoms with Gasteiger partial charge in [-0.25, -0.2) is 4.98 Å². The van der Waals surface area contributed by atoms with Gasteiger partial charge in [-0.15, -0.1) is 11.3 Å². The summed E-state index contributed by atoms with van der Waals surface area (Å²) in [4.78, 5) is 42.2. The van der Waals surface area contributed by atoms with Crippen LogP contribution in [0.1, 0.15) is 38.3 Å². The lowest BCUT2D eigenvalue weighted by molar-refractivity contribution is -0.124. The van der Waals surface area contributed by atoms with Crippen LogP contribution in [0.5, 0.6) is 0 Å². The number of carbonyl (C=O) groups is 3. The Labute approximate surface area is 137 Å². The Morgan fingerprint density at radius 1 is 1.26 bits per heavy atom. The fourth-order valence-electron chi connectivity index (χ4n) is 2.49. The number of benzene rings is 1. The van der Waals surface area contributed by atoms with Gasteiger partial charge < -0.3 is 5.32 Å². The van der Waals surface area contributed by atoms with E-state index in [0.29, 0.717) is 11.1 Å². The Hall–Kier alpha value is -2.54. The van der Waals surface area contributed by atoms with Gasteiger partial charge in [0.05, 0.1) is 28.4 Å². The van der Waals surface area contributed by atoms with Crippen LogP contribution in [0, 0.1) is 6.92 Å². The lowest BCUT2D eigenvalue weighted by atomic mass is 10.1. The van der Waals surface area contributed by atoms with Gasteiger partial charge in [0.15, 0.2) is 0 Å². The van der Waals surface area contributed by atoms with E-state index < -0.39 is 17.9 Å². The Bertz CT molecular complexity index is 764. The van der Waals surface area contributed by atoms with Gasteiger partial charge in [-0.1, -0.05) is 12.1 Å². The van der Waals surface area contributed by atoms with Gasteiger partial charge in [0.25, 0.3) is 11.8 Å². The fraction of sp³-hybridized carbons (Fsp3) is 0.250. The van der Waals surface area contributed by atoms with Crippen LogP contribution in [0.3, 0.4) is 0 Å². The number of hydrogen-bond donors (Lipinski definition) is 1. The highest BCUT2D eigenvalue weighted by Crippen LogP contribution is 2.24. The maximum absolute atomic E-state index is 12.3. The zero-order chi connectivity index (χ0) is 16.6. The molecule has 1 aromatic heterocycles. The molecule has 6 nitrogen and oxygen atoms in total. The molecule has 118 valence electrons. The molecular formula is C16H15N3O3S. The number of carbonyl (C=O) groups excluding carboxylic acids is 3. The van der Waals surface area contributed by atoms with E-state index in [1.807, 2.05) is 12.3 Å². The summed E-state index contributed by atoms with van der Waals surface area (Å²) in [6.07, 6.45) is 0. The maximum atomic E-state index is 12.3. The molecule has 3 amide bonds. The van der Waals surface area contributed by atoms with Gasteiger partial charge in [-0.3, -0.25) is 19.3 Å². The van der Waals surface area contributed by atoms with Crippen LogP contribution in [0.4, 0.5) is 0 Å². The standard InChI is InChI=1S/C16H15N3O3S/c1-9(14(20)17-7-11-8-23-10(2)18-11)19-15(21)12-5-3-4-6-13(12)16(19)22/h3-6,8-9H,7H2,1-2H3,(H,17,20). The van der Waals surface area contributed by atoms with Crippen molar-refractivity contribution in [2.24, 2.45) is 0 Å². The van der Waals surface area contributed by atoms with Crippen LogP contribution in [-0.4, -0.2) is 33.6 Å². The molecule has 1 N–H and O–H groups in total. The van der Waals surface area contributed by atoms with Crippen LogP contribution in [0.25, 0.3) is 0 Å². The molecular weight excluding hydrogens is 314 g/mol. The first-order chi connectivity index (χ1) is 11.0. The molecule has 0 fully saturated rings. The van der Waals surface area contributed by atoms with Gasteiger partial charge in [0.1, 0.15) is 6.04 Å². The van der Waals surface area contributed by atoms with Gasteiger partial charge in [0.2, 0.25) is 5.91 Å². The lowest BCUT2D eigenvalue weighted by Crippen LogP contribution is -2.47. The van der Waals surface area contributed by atoms with Crippen LogP contribution in [0.2, 0.25) is 0 Å². The number of aromatic nitrogens is 1. The molecule has 1 aromatic carbocycles. The first kappa shape index (κ1) is 15.4. The van der Waals surface area contributed by atoms with Gasteiger partial charge in [0, 0.05) is 5.38 Å². The van der Waals surface area contributed by atoms with Crippen molar-refractivity contribution >= 4 is 29.1 Å². The highest BCUT2D eigenvalue weighted by molar-refractivity contribution is 7.09. The first-order valence-corrected chi connectivity index (χ1v) is 8.02. The lowest BCUT2D eigenvalue weighted by Gasteiger charge is -2.21. The molecule has 0 radical (unpaired) electrons. The minimum Gasteiger partial charge on any atom is -0.349 e. The average molecular weight is 329 g/mol. The van der Waals surface area contributed by atoms with Crippen molar-refractivity contribution in [3.05, 3.63) is 51.5 Å². The third kappa shape index (κ3) is 2.75. The Morgan fingerprint density at radius 3 is 2.39 bits per heavy atom. The number of hydrogen-bond acceptors (Lipinski definition) is 5. The molecule has 0 aliphatic carbocycles. The van der Waals surface area contributed by atoms with Crippen molar-refractivity contribution in [2.75, 3.05) is 0 Å². The van der Waals surface area contributed by atoms with Gasteiger partial charge in [-0.05, 0) is 26.0 Å². The smallest absolute Gasteiger partial charge is 0.262 e. The SMILES string of the molecule is Cc1nc(CNC(=O)C(C)N2C(=O)c3ccccc3C2=O)cs1. The summed E-state index contributed by atoms with van der Waals surface area (Å²) in [7, 11) is 0. The largest absolute Gasteiger partial charge is 0.349 e. The fourth-order valence-corrected chi connectivity index (χ4v) is 3.10. The van der Waals surface area contributed by atoms with E-state index in [4.69, 9.17) is 0 Å². The molecule has 1 unspecified atom stereocenters. The van der Waals surface area contributed by atoms with Crippen molar-refractivity contribution in [1.82, 2.24) is 15.2 Å². The number of aryl methyl sites for hydroxylation is 1. The second kappa shape index (κ2) is 5.92. The zero-order valence-electron chi connectivity index (χ0n) is 12.7. The predicted molar refractivity (Wildman–Crippen MR) is 85.1 cm³/mol. The number of fused-ring (bicyclic) bond motifs is 1. The second-order valence-corrected chi connectivity index (χ2v) is 6.34. The monoisotopic (exact) mass is 329 g/mol. The Morgan fingerprint density at radius 2 is 1.87 bits per heavy atom. The zero-order valence-corrected chi connectivity index (χ0v) is 13.5. The molecule has 2 aromatic rings. The van der Waals surface area contributed by atoms with Crippen LogP contribution in [0.15, 0.2) is 29.6 Å². The summed E-state index contributed by atoms with van der Waals surface area (Å²) < 4.78 is 0. The number of rotatable bonds is 4. The molecule has 0 spiro atoms. The first-order valence-electron chi connectivity index (χ1n) is 7.14. The molecule has 2 heterocycles. The van der Waals surface area contributed by atoms with Crippen molar-refractivity contribution in [3.63, 3.8) is 0 Å². The van der Waals surface area contributed by atoms with Gasteiger partial charge in [-0.2, -0.15) is 0 Å². The van der Waals surface area contributed by atoms with Crippen molar-refractivity contribution in [2.45, 2.75) is 26.4 Å². The third-order valence-electron chi connectivity index (χ3n) is 3.70. The molecule has 7 heteroatoms. The molecule has 3 rings (SSSR count). The topological polar surface area (TPSA) is 79.4 Å². The number of thiazole rings is 1. The van der Waals surface area contributed by atoms with Crippen molar-refractivity contribution < 1.29 is 14.4 Å². The minimum atomic E-state index is -0.873. The number of nitrogens with zero attached hydrogens (tertiary/aromatic N) is 2. The molecule has 1 aliphatic rings. The maximum Gasteiger partial charge on any atom is 0.262 e. The second-order valence-electron chi connectivity index (χ2n) is 5.28. The molecule has 0 saturated heterocycles. The number of amides is 3. The van der Waals surface area contributed by atoms with Crippen LogP contribution >= 0.6 is 11.3 Å². The third-order valence-corrected chi connectivity index (χ3v) is 4.52. The quantitative estimate of drug-likeness (QED) is 0.867. The summed E-state index contributed by atoms with van der Waals surface area (Å²) in [6.45, 7) is 3.71. The molecule has 23 heavy (non-hydrogen) atoms. The average Bonchev–Trinajstić information content (AvgIpc) is 3.07. The Kier molecular flexibility index (Phi) is 3.96. The summed E-state index contributed by atoms with van der Waals surface area (Å²) in [5.74, 6) is -1.25. The molecule has 0 saturated carbocycles. The number of nitrogens with one attached hydrogen (secondary N) is 1. The van der Waals surface area contributed by atoms with Crippen molar-refractivity contribution in [1.29, 1.82) is 0 Å². The molecule has 1 atom stereocenters. The minimum absolute atomic E-state index is 0.274. The van der Waals surface area contributed by atoms with E-state index in [1.165, 1.54) is 11.3 Å². The summed E-state index contributed by atoms with van der Waals surface area (Å²) in [6, 6.07) is 5.71. The van der Waals surface area contributed by atoms with E-state index in [0.717, 1.165) is 15.6 Å². The number of imide groups is 1. The highest BCUT2D eigenvalue weighted by Gasteiger charge is 2.40. The summed E-state index contributed by atoms with van der Waals surface area (Å²) in [5.41, 5.74) is 1.44. The highest BCUT2D eigenvalue weighted by atomic mass is 32.1. The molecule has 1 aliphatic heterocycles. The van der Waals surface area contributed by atoms with E-state index >= 15 is 0 Å². The summed E-state index contributed by atoms with van der Waals surface area (Å²) >= 11 is 1.50. The van der Waals surface area contributed by atoms with E-state index in [-0.39, 0.29) is 12.5 Å². The predicted octanol–water partition coefficient (Wildman–Crippen LogP) is 1.75. The molecule has 0 bridgehead atoms. The van der Waals surface area contributed by atoms with Gasteiger partial charge >= 0.3 is 0 Å². The van der Waals surface area contributed by atoms with Crippen LogP contribution in [-0.2, 0) is 11.3 Å². The Balaban J connectivity index is 1.71. The van der Waals surface area contributed by atoms with E-state index in [2.05, 4.69) is 10.3 Å². The van der Waals surface area contributed by atoms with Crippen molar-refractivity contribution in [3.8, 4) is 0 Å². The summed E-state index contributed by atoms with van der Waals surface area (Å²) in [5, 5.41) is 5.50. The van der Waals surface area contributed by atoms with Crippen LogP contribution < -0.4 is 5.32 Å².